The highest BCUT2D eigenvalue weighted by Crippen LogP contribution is 2.44. The molecule has 1 aromatic carbocycles. The maximum atomic E-state index is 11.3. The van der Waals surface area contributed by atoms with Crippen LogP contribution in [0.1, 0.15) is 27.8 Å². The van der Waals surface area contributed by atoms with Gasteiger partial charge in [-0.25, -0.2) is 4.57 Å². The second-order valence-corrected chi connectivity index (χ2v) is 6.34. The van der Waals surface area contributed by atoms with Crippen LogP contribution in [0.2, 0.25) is 0 Å². The average Bonchev–Trinajstić information content (AvgIpc) is 2.98. The summed E-state index contributed by atoms with van der Waals surface area (Å²) in [6.45, 7) is 12.4. The summed E-state index contributed by atoms with van der Waals surface area (Å²) in [5.74, 6) is 0.771. The lowest BCUT2D eigenvalue weighted by Crippen LogP contribution is -2.10. The number of aliphatic imine (C=N–C) groups is 1. The molecular formula is C16H20NO5P. The van der Waals surface area contributed by atoms with Crippen molar-refractivity contribution in [1.82, 2.24) is 0 Å². The Balaban J connectivity index is 2.64. The molecule has 0 spiro atoms. The van der Waals surface area contributed by atoms with Gasteiger partial charge in [0.25, 0.3) is 0 Å². The van der Waals surface area contributed by atoms with E-state index in [0.717, 1.165) is 11.1 Å². The minimum absolute atomic E-state index is 0.124. The van der Waals surface area contributed by atoms with Crippen molar-refractivity contribution in [3.63, 3.8) is 0 Å². The van der Waals surface area contributed by atoms with E-state index >= 15 is 0 Å². The van der Waals surface area contributed by atoms with Gasteiger partial charge in [0, 0.05) is 12.0 Å². The Bertz CT molecular complexity index is 733. The molecular weight excluding hydrogens is 317 g/mol. The van der Waals surface area contributed by atoms with Gasteiger partial charge >= 0.3 is 7.82 Å². The minimum atomic E-state index is -4.68. The van der Waals surface area contributed by atoms with Crippen molar-refractivity contribution in [2.75, 3.05) is 13.2 Å². The van der Waals surface area contributed by atoms with Gasteiger partial charge in [-0.1, -0.05) is 25.3 Å². The van der Waals surface area contributed by atoms with Gasteiger partial charge in [0.15, 0.2) is 5.90 Å². The second kappa shape index (κ2) is 6.71. The first-order chi connectivity index (χ1) is 10.8. The van der Waals surface area contributed by atoms with E-state index in [0.29, 0.717) is 42.2 Å². The quantitative estimate of drug-likeness (QED) is 0.779. The van der Waals surface area contributed by atoms with Crippen molar-refractivity contribution in [2.24, 2.45) is 4.99 Å². The summed E-state index contributed by atoms with van der Waals surface area (Å²) in [5, 5.41) is 0. The normalized spacial score (nSPS) is 14.2. The van der Waals surface area contributed by atoms with Crippen molar-refractivity contribution in [1.29, 1.82) is 0 Å². The van der Waals surface area contributed by atoms with Gasteiger partial charge in [0.05, 0.1) is 6.54 Å². The molecule has 1 aliphatic rings. The number of nitrogens with zero attached hydrogens (tertiary/aromatic N) is 1. The predicted octanol–water partition coefficient (Wildman–Crippen LogP) is 3.03. The van der Waals surface area contributed by atoms with Crippen LogP contribution < -0.4 is 4.52 Å². The maximum Gasteiger partial charge on any atom is 0.524 e. The molecule has 0 saturated heterocycles. The molecule has 2 rings (SSSR count). The molecule has 0 aromatic heterocycles. The lowest BCUT2D eigenvalue weighted by Gasteiger charge is -2.21. The molecule has 0 radical (unpaired) electrons. The molecule has 0 amide bonds. The van der Waals surface area contributed by atoms with Gasteiger partial charge in [0.2, 0.25) is 0 Å². The van der Waals surface area contributed by atoms with Crippen LogP contribution in [0.5, 0.6) is 5.75 Å². The summed E-state index contributed by atoms with van der Waals surface area (Å²) in [6, 6.07) is 0. The average molecular weight is 337 g/mol. The summed E-state index contributed by atoms with van der Waals surface area (Å²) < 4.78 is 21.6. The molecule has 0 unspecified atom stereocenters. The molecule has 0 saturated carbocycles. The molecule has 1 aliphatic heterocycles. The summed E-state index contributed by atoms with van der Waals surface area (Å²) in [5.41, 5.74) is 3.64. The minimum Gasteiger partial charge on any atom is -0.479 e. The van der Waals surface area contributed by atoms with Crippen molar-refractivity contribution >= 4 is 25.9 Å². The third-order valence-corrected chi connectivity index (χ3v) is 4.23. The van der Waals surface area contributed by atoms with Crippen LogP contribution >= 0.6 is 7.82 Å². The largest absolute Gasteiger partial charge is 0.524 e. The number of hydrogen-bond donors (Lipinski definition) is 2. The molecule has 2 N–H and O–H groups in total. The van der Waals surface area contributed by atoms with Crippen LogP contribution in [0, 0.1) is 13.8 Å². The Morgan fingerprint density at radius 3 is 2.39 bits per heavy atom. The van der Waals surface area contributed by atoms with Gasteiger partial charge in [0.1, 0.15) is 12.4 Å². The van der Waals surface area contributed by atoms with Gasteiger partial charge in [-0.15, -0.1) is 0 Å². The summed E-state index contributed by atoms with van der Waals surface area (Å²) >= 11 is 0. The zero-order valence-corrected chi connectivity index (χ0v) is 14.1. The Labute approximate surface area is 135 Å². The van der Waals surface area contributed by atoms with E-state index in [1.807, 2.05) is 6.92 Å². The van der Waals surface area contributed by atoms with E-state index in [1.165, 1.54) is 6.08 Å². The third-order valence-electron chi connectivity index (χ3n) is 3.81. The molecule has 0 bridgehead atoms. The Morgan fingerprint density at radius 2 is 1.91 bits per heavy atom. The lowest BCUT2D eigenvalue weighted by molar-refractivity contribution is 0.282. The fourth-order valence-corrected chi connectivity index (χ4v) is 3.10. The van der Waals surface area contributed by atoms with E-state index in [-0.39, 0.29) is 5.75 Å². The number of rotatable bonds is 6. The Hall–Kier alpha value is -1.88. The molecule has 0 atom stereocenters. The SMILES string of the molecule is C=Cc1c(C=C)c(OP(=O)(O)O)c(C)c(C)c1CC1=NCCO1. The van der Waals surface area contributed by atoms with Crippen LogP contribution in [0.15, 0.2) is 18.2 Å². The first kappa shape index (κ1) is 17.5. The molecule has 23 heavy (non-hydrogen) atoms. The predicted molar refractivity (Wildman–Crippen MR) is 90.7 cm³/mol. The molecule has 7 heteroatoms. The smallest absolute Gasteiger partial charge is 0.479 e. The van der Waals surface area contributed by atoms with E-state index in [1.54, 1.807) is 13.0 Å². The lowest BCUT2D eigenvalue weighted by atomic mass is 9.89. The van der Waals surface area contributed by atoms with Gasteiger partial charge in [-0.3, -0.25) is 14.8 Å². The molecule has 6 nitrogen and oxygen atoms in total. The summed E-state index contributed by atoms with van der Waals surface area (Å²) in [6.07, 6.45) is 3.63. The van der Waals surface area contributed by atoms with Crippen LogP contribution in [0.4, 0.5) is 0 Å². The number of phosphoric ester groups is 1. The van der Waals surface area contributed by atoms with Crippen LogP contribution in [-0.4, -0.2) is 28.8 Å². The number of phosphoric acid groups is 1. The van der Waals surface area contributed by atoms with Crippen molar-refractivity contribution in [3.8, 4) is 5.75 Å². The topological polar surface area (TPSA) is 88.4 Å². The highest BCUT2D eigenvalue weighted by Gasteiger charge is 2.25. The number of hydrogen-bond acceptors (Lipinski definition) is 4. The Kier molecular flexibility index (Phi) is 5.09. The highest BCUT2D eigenvalue weighted by atomic mass is 31.2. The van der Waals surface area contributed by atoms with Crippen molar-refractivity contribution in [2.45, 2.75) is 20.3 Å². The van der Waals surface area contributed by atoms with Gasteiger partial charge in [-0.2, -0.15) is 0 Å². The maximum absolute atomic E-state index is 11.3. The number of ether oxygens (including phenoxy) is 1. The standard InChI is InChI=1S/C16H20NO5P/c1-5-12-13(6-2)16(22-23(18,19)20)11(4)10(3)14(12)9-15-17-7-8-21-15/h5-6H,1-2,7-9H2,3-4H3,(H2,18,19,20). The first-order valence-electron chi connectivity index (χ1n) is 7.10. The van der Waals surface area contributed by atoms with Crippen LogP contribution in [0.25, 0.3) is 12.2 Å². The second-order valence-electron chi connectivity index (χ2n) is 5.18. The van der Waals surface area contributed by atoms with Gasteiger partial charge < -0.3 is 9.26 Å². The van der Waals surface area contributed by atoms with Crippen molar-refractivity contribution < 1.29 is 23.6 Å². The number of benzene rings is 1. The Morgan fingerprint density at radius 1 is 1.26 bits per heavy atom. The fourth-order valence-electron chi connectivity index (χ4n) is 2.62. The highest BCUT2D eigenvalue weighted by molar-refractivity contribution is 7.46. The van der Waals surface area contributed by atoms with Gasteiger partial charge in [-0.05, 0) is 36.1 Å². The molecule has 1 heterocycles. The summed E-state index contributed by atoms with van der Waals surface area (Å²) in [7, 11) is -4.68. The third kappa shape index (κ3) is 3.72. The fraction of sp³-hybridized carbons (Fsp3) is 0.312. The zero-order valence-electron chi connectivity index (χ0n) is 13.2. The van der Waals surface area contributed by atoms with Crippen LogP contribution in [0.3, 0.4) is 0 Å². The van der Waals surface area contributed by atoms with E-state index in [9.17, 15) is 4.57 Å². The molecule has 0 fully saturated rings. The van der Waals surface area contributed by atoms with Crippen molar-refractivity contribution in [3.05, 3.63) is 41.0 Å². The molecule has 124 valence electrons. The van der Waals surface area contributed by atoms with E-state index in [4.69, 9.17) is 19.0 Å². The molecule has 0 aliphatic carbocycles. The van der Waals surface area contributed by atoms with Crippen LogP contribution in [-0.2, 0) is 15.7 Å². The summed E-state index contributed by atoms with van der Waals surface area (Å²) in [4.78, 5) is 22.6. The van der Waals surface area contributed by atoms with E-state index < -0.39 is 7.82 Å². The molecule has 1 aromatic rings. The monoisotopic (exact) mass is 337 g/mol. The van der Waals surface area contributed by atoms with E-state index in [2.05, 4.69) is 18.2 Å². The zero-order chi connectivity index (χ0) is 17.2. The first-order valence-corrected chi connectivity index (χ1v) is 8.63.